The fourth-order valence-corrected chi connectivity index (χ4v) is 8.73. The molecule has 0 N–H and O–H groups in total. The molecule has 4 aliphatic rings. The Hall–Kier alpha value is -1.86. The van der Waals surface area contributed by atoms with Crippen molar-refractivity contribution in [1.82, 2.24) is 20.0 Å². The van der Waals surface area contributed by atoms with Crippen molar-refractivity contribution in [3.05, 3.63) is 44.5 Å². The lowest BCUT2D eigenvalue weighted by atomic mass is 9.67. The minimum absolute atomic E-state index is 0.319. The number of rotatable bonds is 4. The summed E-state index contributed by atoms with van der Waals surface area (Å²) in [4.78, 5) is 0. The van der Waals surface area contributed by atoms with E-state index in [4.69, 9.17) is 9.47 Å². The lowest BCUT2D eigenvalue weighted by Gasteiger charge is -2.43. The number of ether oxygens (including phenoxy) is 2. The number of methoxy groups -OCH3 is 2. The van der Waals surface area contributed by atoms with Crippen molar-refractivity contribution in [2.75, 3.05) is 42.4 Å². The largest absolute Gasteiger partial charge is 0.496 e. The standard InChI is InChI=1S/C28H42N4O2/c1-15-16(2)26(6)20-19(25(15,5)31(26)29(9)10)23(33-13)21-22(24(20)34-14)28(8)18(4)17(3)27(21,7)32(28)30(11)12/h1-14H3. The fourth-order valence-electron chi connectivity index (χ4n) is 8.73. The summed E-state index contributed by atoms with van der Waals surface area (Å²) in [6.07, 6.45) is 0. The summed E-state index contributed by atoms with van der Waals surface area (Å²) in [5.74, 6) is 2.03. The first-order valence-electron chi connectivity index (χ1n) is 12.3. The van der Waals surface area contributed by atoms with E-state index in [2.05, 4.69) is 104 Å². The third-order valence-corrected chi connectivity index (χ3v) is 10.3. The van der Waals surface area contributed by atoms with Crippen LogP contribution < -0.4 is 9.47 Å². The molecule has 0 amide bonds. The average molecular weight is 467 g/mol. The van der Waals surface area contributed by atoms with E-state index in [9.17, 15) is 0 Å². The van der Waals surface area contributed by atoms with E-state index < -0.39 is 0 Å². The first-order valence-corrected chi connectivity index (χ1v) is 12.3. The molecule has 0 spiro atoms. The van der Waals surface area contributed by atoms with Gasteiger partial charge >= 0.3 is 0 Å². The Kier molecular flexibility index (Phi) is 4.54. The van der Waals surface area contributed by atoms with Crippen LogP contribution in [0.2, 0.25) is 0 Å². The highest BCUT2D eigenvalue weighted by molar-refractivity contribution is 5.79. The van der Waals surface area contributed by atoms with Crippen LogP contribution >= 0.6 is 0 Å². The Morgan fingerprint density at radius 2 is 0.706 bits per heavy atom. The third-order valence-electron chi connectivity index (χ3n) is 10.3. The van der Waals surface area contributed by atoms with Crippen molar-refractivity contribution in [2.24, 2.45) is 0 Å². The number of hydrogen-bond acceptors (Lipinski definition) is 6. The van der Waals surface area contributed by atoms with Gasteiger partial charge in [0.15, 0.2) is 0 Å². The molecule has 4 heterocycles. The number of nitrogens with zero attached hydrogens (tertiary/aromatic N) is 4. The van der Waals surface area contributed by atoms with E-state index in [1.165, 1.54) is 44.5 Å². The molecule has 4 bridgehead atoms. The number of hydrazine groups is 2. The van der Waals surface area contributed by atoms with Crippen LogP contribution in [0.15, 0.2) is 22.3 Å². The van der Waals surface area contributed by atoms with Gasteiger partial charge in [-0.15, -0.1) is 0 Å². The first-order chi connectivity index (χ1) is 15.6. The lowest BCUT2D eigenvalue weighted by molar-refractivity contribution is -0.0944. The smallest absolute Gasteiger partial charge is 0.130 e. The molecule has 1 aromatic rings. The molecule has 5 rings (SSSR count). The van der Waals surface area contributed by atoms with Crippen LogP contribution in [0.4, 0.5) is 0 Å². The van der Waals surface area contributed by atoms with Crippen molar-refractivity contribution in [1.29, 1.82) is 0 Å². The van der Waals surface area contributed by atoms with Crippen LogP contribution in [0, 0.1) is 0 Å². The Labute approximate surface area is 205 Å². The zero-order valence-electron chi connectivity index (χ0n) is 23.6. The van der Waals surface area contributed by atoms with Crippen LogP contribution in [0.5, 0.6) is 11.5 Å². The summed E-state index contributed by atoms with van der Waals surface area (Å²) >= 11 is 0. The van der Waals surface area contributed by atoms with Crippen molar-refractivity contribution in [2.45, 2.75) is 77.5 Å². The average Bonchev–Trinajstić information content (AvgIpc) is 3.24. The van der Waals surface area contributed by atoms with Gasteiger partial charge in [0.25, 0.3) is 0 Å². The summed E-state index contributed by atoms with van der Waals surface area (Å²) < 4.78 is 12.9. The predicted molar refractivity (Wildman–Crippen MR) is 137 cm³/mol. The molecule has 0 saturated carbocycles. The third kappa shape index (κ3) is 1.96. The summed E-state index contributed by atoms with van der Waals surface area (Å²) in [6.45, 7) is 18.6. The molecule has 0 radical (unpaired) electrons. The van der Waals surface area contributed by atoms with Crippen molar-refractivity contribution in [3.8, 4) is 11.5 Å². The first kappa shape index (κ1) is 23.9. The highest BCUT2D eigenvalue weighted by Crippen LogP contribution is 2.74. The molecule has 6 heteroatoms. The van der Waals surface area contributed by atoms with Crippen molar-refractivity contribution < 1.29 is 9.47 Å². The molecule has 6 nitrogen and oxygen atoms in total. The van der Waals surface area contributed by atoms with Gasteiger partial charge in [0, 0.05) is 50.4 Å². The van der Waals surface area contributed by atoms with Gasteiger partial charge in [0.1, 0.15) is 11.5 Å². The minimum Gasteiger partial charge on any atom is -0.496 e. The Morgan fingerprint density at radius 1 is 0.500 bits per heavy atom. The van der Waals surface area contributed by atoms with E-state index in [1.54, 1.807) is 0 Å². The molecule has 0 fully saturated rings. The molecule has 4 atom stereocenters. The highest BCUT2D eigenvalue weighted by atomic mass is 16.5. The van der Waals surface area contributed by atoms with Gasteiger partial charge < -0.3 is 9.47 Å². The lowest BCUT2D eigenvalue weighted by Crippen LogP contribution is -2.52. The molecule has 0 saturated heterocycles. The second-order valence-corrected chi connectivity index (χ2v) is 11.7. The summed E-state index contributed by atoms with van der Waals surface area (Å²) in [5.41, 5.74) is 9.32. The Morgan fingerprint density at radius 3 is 0.853 bits per heavy atom. The molecule has 1 aromatic carbocycles. The molecule has 0 aliphatic carbocycles. The SMILES string of the molecule is COc1c2c(c(OC)c3c1C1(C)C(C)=C(C)C3(C)N1N(C)C)C1(C)C(C)=C(C)C2(C)N1N(C)C. The van der Waals surface area contributed by atoms with Gasteiger partial charge in [-0.25, -0.2) is 20.0 Å². The summed E-state index contributed by atoms with van der Waals surface area (Å²) in [7, 11) is 12.3. The molecule has 34 heavy (non-hydrogen) atoms. The van der Waals surface area contributed by atoms with Crippen molar-refractivity contribution in [3.63, 3.8) is 0 Å². The summed E-state index contributed by atoms with van der Waals surface area (Å²) in [6, 6.07) is 0. The van der Waals surface area contributed by atoms with Crippen LogP contribution in [0.3, 0.4) is 0 Å². The van der Waals surface area contributed by atoms with Gasteiger partial charge in [-0.3, -0.25) is 0 Å². The van der Waals surface area contributed by atoms with Crippen LogP contribution in [-0.2, 0) is 22.2 Å². The maximum atomic E-state index is 6.46. The van der Waals surface area contributed by atoms with Gasteiger partial charge in [0.05, 0.1) is 36.4 Å². The number of benzene rings is 1. The predicted octanol–water partition coefficient (Wildman–Crippen LogP) is 4.85. The Bertz CT molecular complexity index is 1040. The number of hydrogen-bond donors (Lipinski definition) is 0. The zero-order valence-corrected chi connectivity index (χ0v) is 23.6. The fraction of sp³-hybridized carbons (Fsp3) is 0.643. The van der Waals surface area contributed by atoms with Crippen LogP contribution in [0.1, 0.15) is 77.6 Å². The second kappa shape index (κ2) is 6.47. The van der Waals surface area contributed by atoms with E-state index >= 15 is 0 Å². The highest BCUT2D eigenvalue weighted by Gasteiger charge is 2.71. The topological polar surface area (TPSA) is 31.4 Å². The molecule has 186 valence electrons. The molecule has 4 unspecified atom stereocenters. The van der Waals surface area contributed by atoms with E-state index in [1.807, 2.05) is 14.2 Å². The van der Waals surface area contributed by atoms with E-state index in [0.29, 0.717) is 0 Å². The van der Waals surface area contributed by atoms with Crippen LogP contribution in [0.25, 0.3) is 0 Å². The summed E-state index contributed by atoms with van der Waals surface area (Å²) in [5, 5.41) is 9.56. The number of fused-ring (bicyclic) bond motifs is 10. The maximum absolute atomic E-state index is 6.46. The second-order valence-electron chi connectivity index (χ2n) is 11.7. The molecular formula is C28H42N4O2. The minimum atomic E-state index is -0.319. The van der Waals surface area contributed by atoms with E-state index in [-0.39, 0.29) is 22.2 Å². The van der Waals surface area contributed by atoms with Gasteiger partial charge in [0.2, 0.25) is 0 Å². The zero-order chi connectivity index (χ0) is 25.5. The Balaban J connectivity index is 2.02. The monoisotopic (exact) mass is 466 g/mol. The van der Waals surface area contributed by atoms with Crippen LogP contribution in [-0.4, -0.2) is 62.4 Å². The van der Waals surface area contributed by atoms with Crippen molar-refractivity contribution >= 4 is 0 Å². The molecule has 4 aliphatic heterocycles. The van der Waals surface area contributed by atoms with Gasteiger partial charge in [-0.2, -0.15) is 0 Å². The van der Waals surface area contributed by atoms with Gasteiger partial charge in [-0.05, 0) is 77.7 Å². The van der Waals surface area contributed by atoms with E-state index in [0.717, 1.165) is 11.5 Å². The quantitative estimate of drug-likeness (QED) is 0.590. The molecule has 0 aromatic heterocycles. The normalized spacial score (nSPS) is 36.5. The van der Waals surface area contributed by atoms with Gasteiger partial charge in [-0.1, -0.05) is 0 Å². The maximum Gasteiger partial charge on any atom is 0.130 e. The molecular weight excluding hydrogens is 424 g/mol.